The van der Waals surface area contributed by atoms with Crippen LogP contribution in [0.25, 0.3) is 0 Å². The fourth-order valence-electron chi connectivity index (χ4n) is 2.28. The van der Waals surface area contributed by atoms with Crippen molar-refractivity contribution in [2.45, 2.75) is 19.4 Å². The molecule has 0 spiro atoms. The van der Waals surface area contributed by atoms with Crippen molar-refractivity contribution in [1.82, 2.24) is 9.80 Å². The maximum absolute atomic E-state index is 12.6. The number of rotatable bonds is 5. The Balaban J connectivity index is 2.12. The predicted octanol–water partition coefficient (Wildman–Crippen LogP) is 2.10. The molecule has 0 unspecified atom stereocenters. The van der Waals surface area contributed by atoms with E-state index in [-0.39, 0.29) is 31.3 Å². The topological polar surface area (TPSA) is 66.9 Å². The van der Waals surface area contributed by atoms with Crippen molar-refractivity contribution >= 4 is 29.8 Å². The Morgan fingerprint density at radius 1 is 1.22 bits per heavy atom. The van der Waals surface area contributed by atoms with Crippen LogP contribution in [0.2, 0.25) is 5.02 Å². The highest BCUT2D eigenvalue weighted by molar-refractivity contribution is 6.30. The van der Waals surface area contributed by atoms with Crippen LogP contribution in [0.5, 0.6) is 0 Å². The van der Waals surface area contributed by atoms with Crippen LogP contribution in [-0.2, 0) is 20.9 Å². The molecule has 0 saturated carbocycles. The van der Waals surface area contributed by atoms with Crippen molar-refractivity contribution in [1.29, 1.82) is 0 Å². The van der Waals surface area contributed by atoms with Crippen molar-refractivity contribution in [2.24, 2.45) is 0 Å². The normalized spacial score (nSPS) is 14.4. The minimum absolute atomic E-state index is 0.0210. The third-order valence-corrected chi connectivity index (χ3v) is 3.80. The Morgan fingerprint density at radius 3 is 2.48 bits per heavy atom. The van der Waals surface area contributed by atoms with E-state index in [1.54, 1.807) is 29.2 Å². The van der Waals surface area contributed by atoms with Gasteiger partial charge in [0.2, 0.25) is 5.91 Å². The van der Waals surface area contributed by atoms with Gasteiger partial charge in [0.25, 0.3) is 0 Å². The van der Waals surface area contributed by atoms with Gasteiger partial charge in [0.1, 0.15) is 6.29 Å². The first kappa shape index (κ1) is 17.4. The van der Waals surface area contributed by atoms with Gasteiger partial charge in [-0.3, -0.25) is 9.69 Å². The van der Waals surface area contributed by atoms with Gasteiger partial charge >= 0.3 is 6.03 Å². The Kier molecular flexibility index (Phi) is 6.55. The SMILES string of the molecule is O=CCCC(=O)N(Cc1ccc(Cl)cc1)C(=O)N1CCOCC1. The largest absolute Gasteiger partial charge is 0.378 e. The fourth-order valence-corrected chi connectivity index (χ4v) is 2.40. The number of amides is 3. The number of aldehydes is 1. The highest BCUT2D eigenvalue weighted by atomic mass is 35.5. The van der Waals surface area contributed by atoms with Gasteiger partial charge in [-0.1, -0.05) is 23.7 Å². The number of imide groups is 1. The molecule has 0 aromatic heterocycles. The average molecular weight is 339 g/mol. The number of ether oxygens (including phenoxy) is 1. The van der Waals surface area contributed by atoms with Crippen LogP contribution in [0.4, 0.5) is 4.79 Å². The molecule has 3 amide bonds. The second kappa shape index (κ2) is 8.64. The van der Waals surface area contributed by atoms with Gasteiger partial charge < -0.3 is 14.4 Å². The summed E-state index contributed by atoms with van der Waals surface area (Å²) in [7, 11) is 0. The zero-order chi connectivity index (χ0) is 16.7. The number of hydrogen-bond acceptors (Lipinski definition) is 4. The van der Waals surface area contributed by atoms with Crippen molar-refractivity contribution in [2.75, 3.05) is 26.3 Å². The Morgan fingerprint density at radius 2 is 1.87 bits per heavy atom. The first-order valence-corrected chi connectivity index (χ1v) is 7.84. The summed E-state index contributed by atoms with van der Waals surface area (Å²) in [6.07, 6.45) is 0.803. The molecule has 0 bridgehead atoms. The maximum Gasteiger partial charge on any atom is 0.327 e. The van der Waals surface area contributed by atoms with E-state index in [0.717, 1.165) is 5.56 Å². The molecule has 1 fully saturated rings. The van der Waals surface area contributed by atoms with E-state index in [4.69, 9.17) is 16.3 Å². The van der Waals surface area contributed by atoms with Crippen LogP contribution in [0, 0.1) is 0 Å². The van der Waals surface area contributed by atoms with Crippen molar-refractivity contribution < 1.29 is 19.1 Å². The highest BCUT2D eigenvalue weighted by Crippen LogP contribution is 2.14. The average Bonchev–Trinajstić information content (AvgIpc) is 2.59. The molecule has 6 nitrogen and oxygen atoms in total. The molecule has 1 aromatic carbocycles. The van der Waals surface area contributed by atoms with Crippen LogP contribution in [0.3, 0.4) is 0 Å². The summed E-state index contributed by atoms with van der Waals surface area (Å²) in [6.45, 7) is 1.99. The number of hydrogen-bond donors (Lipinski definition) is 0. The van der Waals surface area contributed by atoms with Crippen molar-refractivity contribution in [3.63, 3.8) is 0 Å². The standard InChI is InChI=1S/C16H19ClN2O4/c17-14-5-3-13(4-6-14)12-19(15(21)2-1-9-20)16(22)18-7-10-23-11-8-18/h3-6,9H,1-2,7-8,10-12H2. The third-order valence-electron chi connectivity index (χ3n) is 3.54. The molecule has 0 aliphatic carbocycles. The van der Waals surface area contributed by atoms with Crippen LogP contribution in [-0.4, -0.2) is 54.3 Å². The zero-order valence-electron chi connectivity index (χ0n) is 12.7. The predicted molar refractivity (Wildman–Crippen MR) is 85.1 cm³/mol. The van der Waals surface area contributed by atoms with Gasteiger partial charge in [0, 0.05) is 31.0 Å². The molecule has 1 aliphatic rings. The van der Waals surface area contributed by atoms with Crippen LogP contribution >= 0.6 is 11.6 Å². The maximum atomic E-state index is 12.6. The number of morpholine rings is 1. The summed E-state index contributed by atoms with van der Waals surface area (Å²) < 4.78 is 5.23. The summed E-state index contributed by atoms with van der Waals surface area (Å²) in [5, 5.41) is 0.590. The van der Waals surface area contributed by atoms with Crippen LogP contribution in [0.15, 0.2) is 24.3 Å². The second-order valence-electron chi connectivity index (χ2n) is 5.19. The lowest BCUT2D eigenvalue weighted by atomic mass is 10.2. The molecule has 0 N–H and O–H groups in total. The van der Waals surface area contributed by atoms with Crippen LogP contribution in [0.1, 0.15) is 18.4 Å². The van der Waals surface area contributed by atoms with E-state index in [1.807, 2.05) is 0 Å². The van der Waals surface area contributed by atoms with E-state index >= 15 is 0 Å². The lowest BCUT2D eigenvalue weighted by Gasteiger charge is -2.32. The minimum atomic E-state index is -0.358. The smallest absolute Gasteiger partial charge is 0.327 e. The number of halogens is 1. The molecule has 0 atom stereocenters. The molecule has 23 heavy (non-hydrogen) atoms. The van der Waals surface area contributed by atoms with Crippen LogP contribution < -0.4 is 0 Å². The minimum Gasteiger partial charge on any atom is -0.378 e. The molecule has 2 rings (SSSR count). The molecule has 0 radical (unpaired) electrons. The molecule has 124 valence electrons. The first-order chi connectivity index (χ1) is 11.1. The summed E-state index contributed by atoms with van der Waals surface area (Å²) in [4.78, 5) is 38.2. The van der Waals surface area contributed by atoms with Gasteiger partial charge in [0.15, 0.2) is 0 Å². The van der Waals surface area contributed by atoms with Gasteiger partial charge in [-0.25, -0.2) is 4.79 Å². The number of nitrogens with zero attached hydrogens (tertiary/aromatic N) is 2. The number of benzene rings is 1. The molecular weight excluding hydrogens is 320 g/mol. The first-order valence-electron chi connectivity index (χ1n) is 7.47. The number of carbonyl (C=O) groups is 3. The third kappa shape index (κ3) is 5.04. The molecule has 1 heterocycles. The van der Waals surface area contributed by atoms with Gasteiger partial charge in [-0.2, -0.15) is 0 Å². The molecule has 1 saturated heterocycles. The van der Waals surface area contributed by atoms with Crippen molar-refractivity contribution in [3.8, 4) is 0 Å². The monoisotopic (exact) mass is 338 g/mol. The van der Waals surface area contributed by atoms with Gasteiger partial charge in [-0.05, 0) is 17.7 Å². The number of urea groups is 1. The van der Waals surface area contributed by atoms with E-state index in [0.29, 0.717) is 37.6 Å². The summed E-state index contributed by atoms with van der Waals surface area (Å²) >= 11 is 5.86. The lowest BCUT2D eigenvalue weighted by Crippen LogP contribution is -2.49. The Labute approximate surface area is 139 Å². The quantitative estimate of drug-likeness (QED) is 0.771. The summed E-state index contributed by atoms with van der Waals surface area (Å²) in [6, 6.07) is 6.62. The van der Waals surface area contributed by atoms with E-state index in [1.165, 1.54) is 4.90 Å². The highest BCUT2D eigenvalue weighted by Gasteiger charge is 2.27. The molecule has 1 aliphatic heterocycles. The Hall–Kier alpha value is -1.92. The van der Waals surface area contributed by atoms with Crippen molar-refractivity contribution in [3.05, 3.63) is 34.9 Å². The lowest BCUT2D eigenvalue weighted by molar-refractivity contribution is -0.130. The Bertz CT molecular complexity index is 556. The zero-order valence-corrected chi connectivity index (χ0v) is 13.5. The molecule has 1 aromatic rings. The second-order valence-corrected chi connectivity index (χ2v) is 5.63. The molecular formula is C16H19ClN2O4. The summed E-state index contributed by atoms with van der Waals surface area (Å²) in [5.74, 6) is -0.358. The van der Waals surface area contributed by atoms with E-state index in [9.17, 15) is 14.4 Å². The van der Waals surface area contributed by atoms with Gasteiger partial charge in [-0.15, -0.1) is 0 Å². The number of carbonyl (C=O) groups excluding carboxylic acids is 3. The molecule has 7 heteroatoms. The van der Waals surface area contributed by atoms with Gasteiger partial charge in [0.05, 0.1) is 19.8 Å². The van der Waals surface area contributed by atoms with E-state index in [2.05, 4.69) is 0 Å². The van der Waals surface area contributed by atoms with E-state index < -0.39 is 0 Å². The fraction of sp³-hybridized carbons (Fsp3) is 0.438. The summed E-state index contributed by atoms with van der Waals surface area (Å²) in [5.41, 5.74) is 0.801.